The lowest BCUT2D eigenvalue weighted by atomic mass is 9.75. The van der Waals surface area contributed by atoms with Crippen LogP contribution in [0.15, 0.2) is 60.7 Å². The number of carboxylic acid groups (broad SMARTS) is 1. The van der Waals surface area contributed by atoms with Gasteiger partial charge in [0.25, 0.3) is 0 Å². The lowest BCUT2D eigenvalue weighted by Crippen LogP contribution is -2.20. The van der Waals surface area contributed by atoms with Crippen LogP contribution in [-0.2, 0) is 12.8 Å². The van der Waals surface area contributed by atoms with E-state index in [9.17, 15) is 15.0 Å². The molecule has 0 aromatic heterocycles. The maximum absolute atomic E-state index is 11.7. The Kier molecular flexibility index (Phi) is 4.90. The van der Waals surface area contributed by atoms with Crippen LogP contribution in [0.5, 0.6) is 5.75 Å². The zero-order valence-electron chi connectivity index (χ0n) is 15.4. The molecule has 0 spiro atoms. The van der Waals surface area contributed by atoms with Crippen LogP contribution in [0, 0.1) is 10.8 Å². The van der Waals surface area contributed by atoms with E-state index in [0.717, 1.165) is 24.8 Å². The van der Waals surface area contributed by atoms with Crippen molar-refractivity contribution in [1.29, 1.82) is 0 Å². The van der Waals surface area contributed by atoms with E-state index < -0.39 is 5.97 Å². The Hall–Kier alpha value is -2.55. The van der Waals surface area contributed by atoms with Crippen molar-refractivity contribution in [2.24, 2.45) is 10.8 Å². The minimum atomic E-state index is -1.08. The zero-order valence-corrected chi connectivity index (χ0v) is 15.4. The molecule has 2 aliphatic carbocycles. The van der Waals surface area contributed by atoms with Crippen LogP contribution in [0.1, 0.15) is 48.2 Å². The van der Waals surface area contributed by atoms with Crippen LogP contribution in [0.2, 0.25) is 0 Å². The molecule has 2 N–H and O–H groups in total. The molecule has 0 saturated carbocycles. The molecule has 2 aliphatic rings. The van der Waals surface area contributed by atoms with Gasteiger partial charge in [-0.3, -0.25) is 0 Å². The number of hydrogen-bond acceptors (Lipinski definition) is 2. The fraction of sp³-hybridized carbons (Fsp3) is 0.348. The van der Waals surface area contributed by atoms with Crippen LogP contribution >= 0.6 is 0 Å². The minimum absolute atomic E-state index is 0.00429. The predicted octanol–water partition coefficient (Wildman–Crippen LogP) is 5.22. The molecule has 1 aromatic carbocycles. The van der Waals surface area contributed by atoms with Gasteiger partial charge in [0.15, 0.2) is 0 Å². The van der Waals surface area contributed by atoms with Gasteiger partial charge in [-0.05, 0) is 53.7 Å². The molecule has 0 aliphatic heterocycles. The number of rotatable bonds is 5. The van der Waals surface area contributed by atoms with Gasteiger partial charge < -0.3 is 10.2 Å². The third kappa shape index (κ3) is 3.98. The van der Waals surface area contributed by atoms with Crippen molar-refractivity contribution < 1.29 is 15.0 Å². The lowest BCUT2D eigenvalue weighted by Gasteiger charge is -2.29. The first-order valence-corrected chi connectivity index (χ1v) is 9.07. The molecular weight excluding hydrogens is 324 g/mol. The molecule has 0 fully saturated rings. The number of benzene rings is 1. The van der Waals surface area contributed by atoms with Crippen LogP contribution < -0.4 is 0 Å². The second-order valence-electron chi connectivity index (χ2n) is 8.10. The molecular formula is C23H26O3. The number of carboxylic acids is 1. The minimum Gasteiger partial charge on any atom is -0.507 e. The van der Waals surface area contributed by atoms with E-state index in [1.165, 1.54) is 0 Å². The number of carbonyl (C=O) groups is 1. The summed E-state index contributed by atoms with van der Waals surface area (Å²) in [4.78, 5) is 11.7. The highest BCUT2D eigenvalue weighted by Crippen LogP contribution is 2.38. The molecule has 2 unspecified atom stereocenters. The Morgan fingerprint density at radius 1 is 0.962 bits per heavy atom. The summed E-state index contributed by atoms with van der Waals surface area (Å²) < 4.78 is 0. The Balaban J connectivity index is 1.95. The highest BCUT2D eigenvalue weighted by Gasteiger charge is 2.27. The molecule has 0 heterocycles. The first-order valence-electron chi connectivity index (χ1n) is 9.07. The number of aromatic carboxylic acids is 1. The Labute approximate surface area is 155 Å². The maximum Gasteiger partial charge on any atom is 0.339 e. The summed E-state index contributed by atoms with van der Waals surface area (Å²) in [5.41, 5.74) is 1.52. The summed E-state index contributed by atoms with van der Waals surface area (Å²) in [7, 11) is 0. The second-order valence-corrected chi connectivity index (χ2v) is 8.10. The summed E-state index contributed by atoms with van der Waals surface area (Å²) in [6.07, 6.45) is 19.8. The fourth-order valence-electron chi connectivity index (χ4n) is 3.87. The monoisotopic (exact) mass is 350 g/mol. The molecule has 1 aromatic rings. The van der Waals surface area contributed by atoms with E-state index in [2.05, 4.69) is 38.2 Å². The summed E-state index contributed by atoms with van der Waals surface area (Å²) >= 11 is 0. The average molecular weight is 350 g/mol. The van der Waals surface area contributed by atoms with E-state index in [0.29, 0.717) is 12.0 Å². The summed E-state index contributed by atoms with van der Waals surface area (Å²) in [5.74, 6) is -1.19. The van der Waals surface area contributed by atoms with E-state index in [1.807, 2.05) is 30.4 Å². The molecule has 0 saturated heterocycles. The van der Waals surface area contributed by atoms with Crippen LogP contribution in [0.25, 0.3) is 0 Å². The average Bonchev–Trinajstić information content (AvgIpc) is 2.58. The van der Waals surface area contributed by atoms with Crippen LogP contribution in [0.4, 0.5) is 0 Å². The predicted molar refractivity (Wildman–Crippen MR) is 104 cm³/mol. The van der Waals surface area contributed by atoms with Crippen molar-refractivity contribution >= 4 is 5.97 Å². The Morgan fingerprint density at radius 3 is 2.04 bits per heavy atom. The van der Waals surface area contributed by atoms with Crippen molar-refractivity contribution in [3.8, 4) is 5.75 Å². The molecule has 0 bridgehead atoms. The van der Waals surface area contributed by atoms with Gasteiger partial charge in [0, 0.05) is 0 Å². The van der Waals surface area contributed by atoms with Crippen LogP contribution in [0.3, 0.4) is 0 Å². The highest BCUT2D eigenvalue weighted by molar-refractivity contribution is 5.91. The van der Waals surface area contributed by atoms with Gasteiger partial charge in [-0.25, -0.2) is 4.79 Å². The van der Waals surface area contributed by atoms with E-state index in [1.54, 1.807) is 6.07 Å². The topological polar surface area (TPSA) is 57.5 Å². The number of aromatic hydroxyl groups is 1. The maximum atomic E-state index is 11.7. The zero-order chi connectivity index (χ0) is 18.8. The van der Waals surface area contributed by atoms with Gasteiger partial charge in [0.1, 0.15) is 11.3 Å². The molecule has 2 atom stereocenters. The largest absolute Gasteiger partial charge is 0.507 e. The van der Waals surface area contributed by atoms with Crippen molar-refractivity contribution in [2.45, 2.75) is 39.5 Å². The van der Waals surface area contributed by atoms with Gasteiger partial charge >= 0.3 is 5.97 Å². The molecule has 3 nitrogen and oxygen atoms in total. The quantitative estimate of drug-likeness (QED) is 0.765. The summed E-state index contributed by atoms with van der Waals surface area (Å²) in [6.45, 7) is 4.31. The van der Waals surface area contributed by atoms with E-state index in [-0.39, 0.29) is 22.1 Å². The Bertz CT molecular complexity index is 828. The SMILES string of the molecule is CC1(Cc2cc(CC3(C)C=CC=CC3)c(O)c(C(=O)O)c2)C=CC=CC1. The molecule has 0 radical (unpaired) electrons. The molecule has 136 valence electrons. The molecule has 3 rings (SSSR count). The summed E-state index contributed by atoms with van der Waals surface area (Å²) in [6, 6.07) is 3.61. The molecule has 3 heteroatoms. The van der Waals surface area contributed by atoms with Gasteiger partial charge in [0.2, 0.25) is 0 Å². The third-order valence-corrected chi connectivity index (χ3v) is 5.34. The Morgan fingerprint density at radius 2 is 1.54 bits per heavy atom. The first kappa shape index (κ1) is 18.2. The van der Waals surface area contributed by atoms with Crippen molar-refractivity contribution in [3.05, 3.63) is 77.4 Å². The van der Waals surface area contributed by atoms with Crippen molar-refractivity contribution in [1.82, 2.24) is 0 Å². The van der Waals surface area contributed by atoms with Crippen molar-refractivity contribution in [3.63, 3.8) is 0 Å². The normalized spacial score (nSPS) is 27.0. The van der Waals surface area contributed by atoms with E-state index >= 15 is 0 Å². The summed E-state index contributed by atoms with van der Waals surface area (Å²) in [5, 5.41) is 20.1. The fourth-order valence-corrected chi connectivity index (χ4v) is 3.87. The van der Waals surface area contributed by atoms with Gasteiger partial charge in [-0.1, -0.05) is 68.5 Å². The number of allylic oxidation sites excluding steroid dienone is 8. The van der Waals surface area contributed by atoms with E-state index in [4.69, 9.17) is 0 Å². The van der Waals surface area contributed by atoms with Gasteiger partial charge in [0.05, 0.1) is 0 Å². The highest BCUT2D eigenvalue weighted by atomic mass is 16.4. The first-order chi connectivity index (χ1) is 12.3. The van der Waals surface area contributed by atoms with Gasteiger partial charge in [-0.2, -0.15) is 0 Å². The second kappa shape index (κ2) is 6.99. The number of hydrogen-bond donors (Lipinski definition) is 2. The third-order valence-electron chi connectivity index (χ3n) is 5.34. The smallest absolute Gasteiger partial charge is 0.339 e. The number of phenols is 1. The van der Waals surface area contributed by atoms with Gasteiger partial charge in [-0.15, -0.1) is 0 Å². The lowest BCUT2D eigenvalue weighted by molar-refractivity contribution is 0.0693. The standard InChI is InChI=1S/C23H26O3/c1-22(9-5-3-6-10-22)15-17-13-18(20(24)19(14-17)21(25)26)16-23(2)11-7-4-8-12-23/h3-9,11,13-14,24H,10,12,15-16H2,1-2H3,(H,25,26). The molecule has 26 heavy (non-hydrogen) atoms. The van der Waals surface area contributed by atoms with Crippen molar-refractivity contribution in [2.75, 3.05) is 0 Å². The molecule has 0 amide bonds. The van der Waals surface area contributed by atoms with Crippen LogP contribution in [-0.4, -0.2) is 16.2 Å².